The first-order valence-corrected chi connectivity index (χ1v) is 43.0. The van der Waals surface area contributed by atoms with Crippen LogP contribution < -0.4 is 26.6 Å². The van der Waals surface area contributed by atoms with Crippen LogP contribution >= 0.6 is 34.8 Å². The summed E-state index contributed by atoms with van der Waals surface area (Å²) in [7, 11) is -12.2. The first kappa shape index (κ1) is 94.3. The van der Waals surface area contributed by atoms with Crippen molar-refractivity contribution in [3.05, 3.63) is 146 Å². The molecule has 5 saturated heterocycles. The lowest BCUT2D eigenvalue weighted by molar-refractivity contribution is -0.140. The SMILES string of the molecule is CCS(=O)(=O)N1CCC[C@H](C(=O)Nc2ccc(C(F)(F)F)c(F)c2)C1.CCS(=O)(=O)N1CCC[C@H](C(=O)Nc2cccc(F)c2Cl)C1.COC(=O)N1CCC[C@H](C(=O)Nc2cccc(F)c2Cl)C1.CS(=O)(=O)N1CCC[C@H](C(=O)Nc2ccc(C(F)(F)F)c(F)c2)C1.CS(=O)(=O)N1CCC[C@H](C(=O)Nc2cccc(F)c2Cl)C1. The molecule has 5 heterocycles. The number of methoxy groups -OCH3 is 1. The fraction of sp³-hybridized carbons (Fsp3) is 0.486. The Kier molecular flexibility index (Phi) is 34.5. The van der Waals surface area contributed by atoms with Gasteiger partial charge >= 0.3 is 18.4 Å². The van der Waals surface area contributed by atoms with Crippen LogP contribution in [0.1, 0.15) is 89.2 Å². The van der Waals surface area contributed by atoms with E-state index in [0.29, 0.717) is 121 Å². The number of sulfonamides is 4. The predicted octanol–water partition coefficient (Wildman–Crippen LogP) is 12.8. The second-order valence-electron chi connectivity index (χ2n) is 26.5. The Morgan fingerprint density at radius 2 is 0.681 bits per heavy atom. The summed E-state index contributed by atoms with van der Waals surface area (Å²) in [4.78, 5) is 74.1. The van der Waals surface area contributed by atoms with Gasteiger partial charge in [0.25, 0.3) is 0 Å². The Morgan fingerprint density at radius 1 is 0.407 bits per heavy atom. The molecule has 626 valence electrons. The zero-order valence-corrected chi connectivity index (χ0v) is 66.9. The highest BCUT2D eigenvalue weighted by atomic mass is 35.5. The van der Waals surface area contributed by atoms with E-state index in [-0.39, 0.29) is 111 Å². The number of carbonyl (C=O) groups excluding carboxylic acids is 6. The normalized spacial score (nSPS) is 19.6. The van der Waals surface area contributed by atoms with Gasteiger partial charge in [0.05, 0.1) is 104 Å². The number of hydrogen-bond donors (Lipinski definition) is 5. The molecule has 0 radical (unpaired) electrons. The first-order chi connectivity index (χ1) is 52.7. The van der Waals surface area contributed by atoms with Gasteiger partial charge in [-0.25, -0.2) is 77.6 Å². The first-order valence-electron chi connectivity index (χ1n) is 35.0. The van der Waals surface area contributed by atoms with E-state index in [1.165, 1.54) is 90.8 Å². The largest absolute Gasteiger partial charge is 0.453 e. The van der Waals surface area contributed by atoms with Crippen molar-refractivity contribution in [2.45, 2.75) is 90.4 Å². The molecule has 43 heteroatoms. The lowest BCUT2D eigenvalue weighted by atomic mass is 9.97. The molecular weight excluding hydrogens is 1660 g/mol. The summed E-state index contributed by atoms with van der Waals surface area (Å²) in [5.41, 5.74) is -2.42. The molecule has 5 aliphatic rings. The van der Waals surface area contributed by atoms with Crippen molar-refractivity contribution in [3.63, 3.8) is 0 Å². The summed E-state index contributed by atoms with van der Waals surface area (Å²) in [6, 6.07) is 16.8. The molecule has 0 spiro atoms. The molecule has 0 aliphatic carbocycles. The van der Waals surface area contributed by atoms with Crippen LogP contribution in [-0.2, 0) is 81.2 Å². The van der Waals surface area contributed by atoms with Gasteiger partial charge in [-0.3, -0.25) is 24.0 Å². The predicted molar refractivity (Wildman–Crippen MR) is 403 cm³/mol. The van der Waals surface area contributed by atoms with Gasteiger partial charge in [-0.15, -0.1) is 0 Å². The molecule has 113 heavy (non-hydrogen) atoms. The molecule has 10 rings (SSSR count). The summed E-state index contributed by atoms with van der Waals surface area (Å²) in [5.74, 6) is -9.50. The molecule has 0 aromatic heterocycles. The number of piperidine rings is 5. The van der Waals surface area contributed by atoms with Gasteiger partial charge in [0, 0.05) is 76.8 Å². The van der Waals surface area contributed by atoms with Crippen LogP contribution in [-0.4, -0.2) is 188 Å². The zero-order chi connectivity index (χ0) is 84.3. The fourth-order valence-corrected chi connectivity index (χ4v) is 16.9. The molecule has 5 aliphatic heterocycles. The van der Waals surface area contributed by atoms with Crippen molar-refractivity contribution < 1.29 is 115 Å². The monoisotopic (exact) mass is 1750 g/mol. The fourth-order valence-electron chi connectivity index (χ4n) is 12.2. The average Bonchev–Trinajstić information content (AvgIpc) is 0.799. The molecular formula is C70H84Cl3F11N10O15S4. The van der Waals surface area contributed by atoms with E-state index in [0.717, 1.165) is 24.6 Å². The number of rotatable bonds is 16. The van der Waals surface area contributed by atoms with Crippen molar-refractivity contribution in [3.8, 4) is 0 Å². The van der Waals surface area contributed by atoms with Crippen LogP contribution in [0.15, 0.2) is 91.0 Å². The Bertz CT molecular complexity index is 4700. The molecule has 5 aromatic rings. The van der Waals surface area contributed by atoms with E-state index in [9.17, 15) is 111 Å². The van der Waals surface area contributed by atoms with Crippen LogP contribution in [0.25, 0.3) is 0 Å². The molecule has 25 nitrogen and oxygen atoms in total. The number of alkyl halides is 6. The molecule has 5 atom stereocenters. The van der Waals surface area contributed by atoms with Gasteiger partial charge in [-0.05, 0) is 151 Å². The van der Waals surface area contributed by atoms with E-state index >= 15 is 0 Å². The van der Waals surface area contributed by atoms with E-state index in [4.69, 9.17) is 34.8 Å². The van der Waals surface area contributed by atoms with Gasteiger partial charge in [-0.2, -0.15) is 26.3 Å². The lowest BCUT2D eigenvalue weighted by Gasteiger charge is -2.31. The van der Waals surface area contributed by atoms with Crippen LogP contribution in [0.2, 0.25) is 15.1 Å². The number of benzene rings is 5. The third kappa shape index (κ3) is 27.8. The van der Waals surface area contributed by atoms with E-state index in [2.05, 4.69) is 31.3 Å². The Hall–Kier alpha value is -7.54. The number of nitrogens with one attached hydrogen (secondary N) is 5. The van der Waals surface area contributed by atoms with Crippen molar-refractivity contribution in [1.82, 2.24) is 22.1 Å². The smallest absolute Gasteiger partial charge is 0.419 e. The molecule has 5 fully saturated rings. The summed E-state index contributed by atoms with van der Waals surface area (Å²) in [6.07, 6.45) is -2.24. The molecule has 6 amide bonds. The Labute approximate surface area is 662 Å². The van der Waals surface area contributed by atoms with Crippen LogP contribution in [0.5, 0.6) is 0 Å². The van der Waals surface area contributed by atoms with Crippen molar-refractivity contribution in [2.24, 2.45) is 29.6 Å². The number of halogens is 14. The van der Waals surface area contributed by atoms with Gasteiger partial charge in [0.15, 0.2) is 0 Å². The average molecular weight is 1750 g/mol. The van der Waals surface area contributed by atoms with Crippen LogP contribution in [0.3, 0.4) is 0 Å². The maximum Gasteiger partial charge on any atom is 0.419 e. The summed E-state index contributed by atoms with van der Waals surface area (Å²) in [5, 5.41) is 12.0. The third-order valence-corrected chi connectivity index (χ3v) is 25.8. The second-order valence-corrected chi connectivity index (χ2v) is 36.1. The number of hydrogen-bond acceptors (Lipinski definition) is 15. The van der Waals surface area contributed by atoms with E-state index in [1.807, 2.05) is 0 Å². The third-order valence-electron chi connectivity index (χ3n) is 18.4. The summed E-state index contributed by atoms with van der Waals surface area (Å²) >= 11 is 17.4. The molecule has 0 bridgehead atoms. The van der Waals surface area contributed by atoms with E-state index < -0.39 is 134 Å². The topological polar surface area (TPSA) is 325 Å². The van der Waals surface area contributed by atoms with Gasteiger partial charge in [0.1, 0.15) is 29.1 Å². The number of amides is 6. The molecule has 5 N–H and O–H groups in total. The Balaban J connectivity index is 0.000000220. The summed E-state index contributed by atoms with van der Waals surface area (Å²) in [6.45, 7) is 5.71. The number of nitrogens with zero attached hydrogens (tertiary/aromatic N) is 5. The highest BCUT2D eigenvalue weighted by Gasteiger charge is 2.39. The zero-order valence-electron chi connectivity index (χ0n) is 61.4. The maximum atomic E-state index is 13.5. The van der Waals surface area contributed by atoms with Gasteiger partial charge < -0.3 is 36.2 Å². The standard InChI is InChI=1S/C15H18F4N2O3S.C14H18ClFN2O3S.C14H16ClFN2O3.C14H16F4N2O3S.C13H16ClFN2O3S/c1-2-25(23,24)21-7-3-4-10(9-21)14(22)20-11-5-6-12(13(16)8-11)15(17,18)19;1-2-22(20,21)18-8-4-5-10(9-18)14(19)17-12-7-3-6-11(16)13(12)15;1-21-14(20)18-7-3-4-9(8-18)13(19)17-11-6-2-5-10(16)12(11)15;1-24(22,23)20-6-2-3-9(8-20)13(21)19-10-4-5-11(12(15)7-10)14(16,17)18;1-21(19,20)17-7-3-4-9(8-17)13(18)16-11-6-2-5-10(15)12(11)14/h5-6,8,10H,2-4,7,9H2,1H3,(H,20,22);3,6-7,10H,2,4-5,8-9H2,1H3,(H,17,19);2,5-6,9H,3-4,7-8H2,1H3,(H,17,19);4-5,7,9H,2-3,6,8H2,1H3,(H,19,21);2,5-6,9H,3-4,7-8H2,1H3,(H,16,18)/t2*10-;3*9-/m00000/s1. The van der Waals surface area contributed by atoms with Crippen LogP contribution in [0, 0.1) is 58.7 Å². The minimum Gasteiger partial charge on any atom is -0.453 e. The highest BCUT2D eigenvalue weighted by molar-refractivity contribution is 7.89. The highest BCUT2D eigenvalue weighted by Crippen LogP contribution is 2.36. The molecule has 0 saturated carbocycles. The summed E-state index contributed by atoms with van der Waals surface area (Å²) < 4.78 is 246. The number of anilines is 5. The number of likely N-dealkylation sites (tertiary alicyclic amines) is 1. The van der Waals surface area contributed by atoms with Crippen molar-refractivity contribution in [1.29, 1.82) is 0 Å². The molecule has 5 aromatic carbocycles. The van der Waals surface area contributed by atoms with Gasteiger partial charge in [0.2, 0.25) is 69.6 Å². The molecule has 0 unspecified atom stereocenters. The quantitative estimate of drug-likeness (QED) is 0.0573. The van der Waals surface area contributed by atoms with E-state index in [1.54, 1.807) is 6.92 Å². The number of carbonyl (C=O) groups is 6. The van der Waals surface area contributed by atoms with Gasteiger partial charge in [-0.1, -0.05) is 53.0 Å². The lowest BCUT2D eigenvalue weighted by Crippen LogP contribution is -2.44. The minimum absolute atomic E-state index is 0.00508. The maximum absolute atomic E-state index is 13.5. The second kappa shape index (κ2) is 41.3. The number of ether oxygens (including phenoxy) is 1. The van der Waals surface area contributed by atoms with Crippen molar-refractivity contribution in [2.75, 3.05) is 123 Å². The Morgan fingerprint density at radius 3 is 0.956 bits per heavy atom. The van der Waals surface area contributed by atoms with Crippen LogP contribution in [0.4, 0.5) is 81.5 Å². The van der Waals surface area contributed by atoms with Crippen molar-refractivity contribution >= 4 is 139 Å². The minimum atomic E-state index is -4.81.